The van der Waals surface area contributed by atoms with E-state index in [1.54, 1.807) is 6.66 Å². The van der Waals surface area contributed by atoms with Crippen molar-refractivity contribution in [2.75, 3.05) is 19.4 Å². The van der Waals surface area contributed by atoms with E-state index in [9.17, 15) is 4.57 Å². The van der Waals surface area contributed by atoms with Crippen LogP contribution in [0.3, 0.4) is 0 Å². The second kappa shape index (κ2) is 8.09. The van der Waals surface area contributed by atoms with Gasteiger partial charge in [-0.05, 0) is 32.8 Å². The summed E-state index contributed by atoms with van der Waals surface area (Å²) >= 11 is 0. The predicted molar refractivity (Wildman–Crippen MR) is 98.4 cm³/mol. The fraction of sp³-hybridized carbons (Fsp3) is 0.684. The third kappa shape index (κ3) is 4.94. The molecule has 146 valence electrons. The fourth-order valence-electron chi connectivity index (χ4n) is 3.45. The van der Waals surface area contributed by atoms with Crippen molar-refractivity contribution in [1.82, 2.24) is 0 Å². The SMILES string of the molecule is CCOP(C)(=O)CC[C@H]1O[C@@H]2OC(C)(C)OC2[C@H]1OCc1ccccc1. The number of fused-ring (bicyclic) bond motifs is 1. The minimum Gasteiger partial charge on any atom is -0.368 e. The second-order valence-corrected chi connectivity index (χ2v) is 10.1. The van der Waals surface area contributed by atoms with Crippen molar-refractivity contribution in [3.8, 4) is 0 Å². The first-order valence-electron chi connectivity index (χ1n) is 9.17. The Morgan fingerprint density at radius 2 is 1.92 bits per heavy atom. The van der Waals surface area contributed by atoms with Gasteiger partial charge in [0.15, 0.2) is 19.4 Å². The first-order valence-corrected chi connectivity index (χ1v) is 11.4. The monoisotopic (exact) mass is 384 g/mol. The molecule has 5 atom stereocenters. The van der Waals surface area contributed by atoms with Crippen LogP contribution in [0.15, 0.2) is 30.3 Å². The molecule has 2 aliphatic rings. The second-order valence-electron chi connectivity index (χ2n) is 7.35. The minimum atomic E-state index is -2.62. The maximum absolute atomic E-state index is 12.4. The van der Waals surface area contributed by atoms with Gasteiger partial charge in [0, 0.05) is 12.8 Å². The molecule has 2 fully saturated rings. The van der Waals surface area contributed by atoms with Gasteiger partial charge in [0.05, 0.1) is 19.3 Å². The molecule has 1 aromatic rings. The van der Waals surface area contributed by atoms with Crippen LogP contribution in [0.25, 0.3) is 0 Å². The molecule has 2 aliphatic heterocycles. The zero-order valence-electron chi connectivity index (χ0n) is 15.9. The summed E-state index contributed by atoms with van der Waals surface area (Å²) in [6.45, 7) is 8.16. The molecule has 0 bridgehead atoms. The Bertz CT molecular complexity index is 634. The molecule has 7 heteroatoms. The molecule has 0 saturated carbocycles. The molecular weight excluding hydrogens is 355 g/mol. The number of rotatable bonds is 8. The zero-order chi connectivity index (χ0) is 18.8. The molecule has 0 amide bonds. The lowest BCUT2D eigenvalue weighted by Crippen LogP contribution is -2.37. The first-order chi connectivity index (χ1) is 12.3. The number of benzene rings is 1. The van der Waals surface area contributed by atoms with E-state index in [1.807, 2.05) is 51.1 Å². The Labute approximate surface area is 155 Å². The highest BCUT2D eigenvalue weighted by atomic mass is 31.2. The maximum Gasteiger partial charge on any atom is 0.200 e. The summed E-state index contributed by atoms with van der Waals surface area (Å²) in [4.78, 5) is 0. The topological polar surface area (TPSA) is 63.2 Å². The van der Waals surface area contributed by atoms with Crippen molar-refractivity contribution in [1.29, 1.82) is 0 Å². The Morgan fingerprint density at radius 1 is 1.19 bits per heavy atom. The van der Waals surface area contributed by atoms with Gasteiger partial charge in [0.2, 0.25) is 0 Å². The summed E-state index contributed by atoms with van der Waals surface area (Å²) in [7, 11) is -2.62. The van der Waals surface area contributed by atoms with Crippen LogP contribution in [0.1, 0.15) is 32.8 Å². The van der Waals surface area contributed by atoms with Crippen LogP contribution in [0, 0.1) is 0 Å². The summed E-state index contributed by atoms with van der Waals surface area (Å²) in [5.41, 5.74) is 1.09. The minimum absolute atomic E-state index is 0.237. The van der Waals surface area contributed by atoms with Gasteiger partial charge in [0.1, 0.15) is 12.2 Å². The number of hydrogen-bond acceptors (Lipinski definition) is 6. The van der Waals surface area contributed by atoms with Crippen LogP contribution in [0.4, 0.5) is 0 Å². The lowest BCUT2D eigenvalue weighted by molar-refractivity contribution is -0.219. The Balaban J connectivity index is 1.66. The van der Waals surface area contributed by atoms with Gasteiger partial charge < -0.3 is 23.5 Å². The number of ether oxygens (including phenoxy) is 4. The van der Waals surface area contributed by atoms with Gasteiger partial charge in [-0.25, -0.2) is 0 Å². The Morgan fingerprint density at radius 3 is 2.62 bits per heavy atom. The lowest BCUT2D eigenvalue weighted by atomic mass is 10.1. The van der Waals surface area contributed by atoms with Crippen LogP contribution in [-0.2, 0) is 34.6 Å². The lowest BCUT2D eigenvalue weighted by Gasteiger charge is -2.26. The quantitative estimate of drug-likeness (QED) is 0.636. The molecular formula is C19H29O6P. The average Bonchev–Trinajstić information content (AvgIpc) is 3.03. The molecule has 0 aliphatic carbocycles. The van der Waals surface area contributed by atoms with E-state index in [4.69, 9.17) is 23.5 Å². The molecule has 26 heavy (non-hydrogen) atoms. The standard InChI is InChI=1S/C19H29O6P/c1-5-22-26(4,20)12-11-15-16(21-13-14-9-7-6-8-10-14)17-18(23-15)25-19(2,3)24-17/h6-10,15-18H,5,11-13H2,1-4H3/t15-,16+,17?,18-,26?/m1/s1. The molecule has 0 radical (unpaired) electrons. The molecule has 1 aromatic carbocycles. The van der Waals surface area contributed by atoms with Crippen molar-refractivity contribution >= 4 is 7.37 Å². The highest BCUT2D eigenvalue weighted by molar-refractivity contribution is 7.58. The molecule has 2 saturated heterocycles. The molecule has 3 rings (SSSR count). The smallest absolute Gasteiger partial charge is 0.200 e. The van der Waals surface area contributed by atoms with Gasteiger partial charge in [-0.1, -0.05) is 30.3 Å². The van der Waals surface area contributed by atoms with Crippen LogP contribution in [0.5, 0.6) is 0 Å². The maximum atomic E-state index is 12.4. The van der Waals surface area contributed by atoms with Crippen LogP contribution >= 0.6 is 7.37 Å². The van der Waals surface area contributed by atoms with Crippen molar-refractivity contribution in [2.24, 2.45) is 0 Å². The summed E-state index contributed by atoms with van der Waals surface area (Å²) in [6, 6.07) is 9.99. The Hall–Kier alpha value is -0.750. The van der Waals surface area contributed by atoms with Gasteiger partial charge in [0.25, 0.3) is 0 Å². The van der Waals surface area contributed by atoms with Gasteiger partial charge in [-0.3, -0.25) is 4.57 Å². The third-order valence-electron chi connectivity index (χ3n) is 4.59. The van der Waals surface area contributed by atoms with Gasteiger partial charge >= 0.3 is 0 Å². The van der Waals surface area contributed by atoms with E-state index in [0.717, 1.165) is 5.56 Å². The van der Waals surface area contributed by atoms with Gasteiger partial charge in [-0.15, -0.1) is 0 Å². The van der Waals surface area contributed by atoms with E-state index < -0.39 is 19.4 Å². The highest BCUT2D eigenvalue weighted by Crippen LogP contribution is 2.46. The summed E-state index contributed by atoms with van der Waals surface area (Å²) in [5.74, 6) is -0.694. The third-order valence-corrected chi connectivity index (χ3v) is 6.47. The van der Waals surface area contributed by atoms with Crippen LogP contribution < -0.4 is 0 Å². The molecule has 6 nitrogen and oxygen atoms in total. The average molecular weight is 384 g/mol. The fourth-order valence-corrected chi connectivity index (χ4v) is 4.85. The van der Waals surface area contributed by atoms with Gasteiger partial charge in [-0.2, -0.15) is 0 Å². The molecule has 0 N–H and O–H groups in total. The Kier molecular flexibility index (Phi) is 6.22. The highest BCUT2D eigenvalue weighted by Gasteiger charge is 2.55. The molecule has 2 unspecified atom stereocenters. The normalized spacial score (nSPS) is 32.3. The first kappa shape index (κ1) is 20.0. The van der Waals surface area contributed by atoms with Crippen LogP contribution in [-0.4, -0.2) is 49.8 Å². The molecule has 0 aromatic heterocycles. The van der Waals surface area contributed by atoms with E-state index in [1.165, 1.54) is 0 Å². The van der Waals surface area contributed by atoms with E-state index in [2.05, 4.69) is 0 Å². The predicted octanol–water partition coefficient (Wildman–Crippen LogP) is 3.78. The van der Waals surface area contributed by atoms with Crippen molar-refractivity contribution in [3.63, 3.8) is 0 Å². The summed E-state index contributed by atoms with van der Waals surface area (Å²) in [6.07, 6.45) is -0.240. The molecule has 2 heterocycles. The zero-order valence-corrected chi connectivity index (χ0v) is 16.8. The largest absolute Gasteiger partial charge is 0.368 e. The summed E-state index contributed by atoms with van der Waals surface area (Å²) in [5, 5.41) is 0. The summed E-state index contributed by atoms with van der Waals surface area (Å²) < 4.78 is 41.9. The van der Waals surface area contributed by atoms with E-state index in [0.29, 0.717) is 25.8 Å². The van der Waals surface area contributed by atoms with E-state index in [-0.39, 0.29) is 18.3 Å². The van der Waals surface area contributed by atoms with Crippen molar-refractivity contribution in [3.05, 3.63) is 35.9 Å². The number of hydrogen-bond donors (Lipinski definition) is 0. The van der Waals surface area contributed by atoms with Crippen molar-refractivity contribution < 1.29 is 28.0 Å². The van der Waals surface area contributed by atoms with Crippen LogP contribution in [0.2, 0.25) is 0 Å². The van der Waals surface area contributed by atoms with Crippen molar-refractivity contribution in [2.45, 2.75) is 64.2 Å². The molecule has 0 spiro atoms. The van der Waals surface area contributed by atoms with E-state index >= 15 is 0 Å².